The first-order chi connectivity index (χ1) is 8.65. The number of aromatic amines is 1. The molecule has 0 saturated carbocycles. The molecule has 0 saturated heterocycles. The van der Waals surface area contributed by atoms with E-state index in [0.29, 0.717) is 10.9 Å². The van der Waals surface area contributed by atoms with Crippen molar-refractivity contribution in [2.24, 2.45) is 0 Å². The smallest absolute Gasteiger partial charge is 0.270 e. The zero-order valence-electron chi connectivity index (χ0n) is 10.0. The third kappa shape index (κ3) is 2.29. The standard InChI is InChI=1S/C13H11N3OS/c1-8-4-3-5-9(6-8)11-10(7-14)12(17)16-13(15-11)18-2/h3-6H,1-2H3,(H,15,16,17). The lowest BCUT2D eigenvalue weighted by molar-refractivity contribution is 0.937. The predicted octanol–water partition coefficient (Wildman–Crippen LogP) is 2.34. The van der Waals surface area contributed by atoms with E-state index >= 15 is 0 Å². The van der Waals surface area contributed by atoms with E-state index in [9.17, 15) is 4.79 Å². The Hall–Kier alpha value is -2.06. The van der Waals surface area contributed by atoms with E-state index in [-0.39, 0.29) is 5.56 Å². The molecule has 90 valence electrons. The van der Waals surface area contributed by atoms with Crippen LogP contribution in [0.5, 0.6) is 0 Å². The maximum atomic E-state index is 11.8. The van der Waals surface area contributed by atoms with Crippen molar-refractivity contribution >= 4 is 11.8 Å². The summed E-state index contributed by atoms with van der Waals surface area (Å²) < 4.78 is 0. The van der Waals surface area contributed by atoms with Gasteiger partial charge in [0, 0.05) is 5.56 Å². The average Bonchev–Trinajstić information content (AvgIpc) is 2.37. The summed E-state index contributed by atoms with van der Waals surface area (Å²) in [5.74, 6) is 0. The van der Waals surface area contributed by atoms with Gasteiger partial charge in [0.25, 0.3) is 5.56 Å². The van der Waals surface area contributed by atoms with Crippen molar-refractivity contribution in [2.45, 2.75) is 12.1 Å². The first kappa shape index (κ1) is 12.4. The van der Waals surface area contributed by atoms with Crippen LogP contribution in [0, 0.1) is 18.3 Å². The molecule has 1 aromatic carbocycles. The molecule has 0 bridgehead atoms. The molecule has 0 unspecified atom stereocenters. The number of nitrogens with zero attached hydrogens (tertiary/aromatic N) is 2. The topological polar surface area (TPSA) is 69.5 Å². The number of hydrogen-bond acceptors (Lipinski definition) is 4. The molecule has 1 aromatic heterocycles. The highest BCUT2D eigenvalue weighted by Gasteiger charge is 2.12. The molecule has 2 aromatic rings. The molecule has 0 radical (unpaired) electrons. The monoisotopic (exact) mass is 257 g/mol. The zero-order chi connectivity index (χ0) is 13.1. The molecule has 2 rings (SSSR count). The summed E-state index contributed by atoms with van der Waals surface area (Å²) in [4.78, 5) is 18.7. The minimum atomic E-state index is -0.395. The molecule has 5 heteroatoms. The van der Waals surface area contributed by atoms with E-state index in [1.807, 2.05) is 43.5 Å². The van der Waals surface area contributed by atoms with E-state index in [0.717, 1.165) is 11.1 Å². The highest BCUT2D eigenvalue weighted by molar-refractivity contribution is 7.98. The molecule has 0 aliphatic rings. The largest absolute Gasteiger partial charge is 0.300 e. The van der Waals surface area contributed by atoms with Crippen LogP contribution in [-0.4, -0.2) is 16.2 Å². The summed E-state index contributed by atoms with van der Waals surface area (Å²) in [5, 5.41) is 9.59. The van der Waals surface area contributed by atoms with Gasteiger partial charge in [-0.05, 0) is 19.2 Å². The number of benzene rings is 1. The van der Waals surface area contributed by atoms with Gasteiger partial charge in [-0.15, -0.1) is 0 Å². The quantitative estimate of drug-likeness (QED) is 0.662. The molecule has 1 N–H and O–H groups in total. The predicted molar refractivity (Wildman–Crippen MR) is 71.5 cm³/mol. The molecule has 0 spiro atoms. The lowest BCUT2D eigenvalue weighted by atomic mass is 10.1. The van der Waals surface area contributed by atoms with Gasteiger partial charge in [-0.1, -0.05) is 35.5 Å². The van der Waals surface area contributed by atoms with Crippen LogP contribution in [0.4, 0.5) is 0 Å². The number of aryl methyl sites for hydroxylation is 1. The van der Waals surface area contributed by atoms with Gasteiger partial charge in [0.1, 0.15) is 11.6 Å². The zero-order valence-corrected chi connectivity index (χ0v) is 10.8. The molecular formula is C13H11N3OS. The van der Waals surface area contributed by atoms with Gasteiger partial charge < -0.3 is 4.98 Å². The lowest BCUT2D eigenvalue weighted by Crippen LogP contribution is -2.14. The van der Waals surface area contributed by atoms with Crippen molar-refractivity contribution < 1.29 is 0 Å². The SMILES string of the molecule is CSc1nc(-c2cccc(C)c2)c(C#N)c(=O)[nH]1. The van der Waals surface area contributed by atoms with Gasteiger partial charge in [0.15, 0.2) is 5.16 Å². The van der Waals surface area contributed by atoms with Gasteiger partial charge in [-0.3, -0.25) is 4.79 Å². The van der Waals surface area contributed by atoms with E-state index in [4.69, 9.17) is 5.26 Å². The van der Waals surface area contributed by atoms with Gasteiger partial charge >= 0.3 is 0 Å². The Kier molecular flexibility index (Phi) is 3.49. The Bertz CT molecular complexity index is 685. The molecule has 4 nitrogen and oxygen atoms in total. The molecule has 0 aliphatic carbocycles. The minimum absolute atomic E-state index is 0.0541. The number of H-pyrrole nitrogens is 1. The molecule has 0 fully saturated rings. The molecule has 1 heterocycles. The fraction of sp³-hybridized carbons (Fsp3) is 0.154. The fourth-order valence-corrected chi connectivity index (χ4v) is 2.03. The summed E-state index contributed by atoms with van der Waals surface area (Å²) in [5.41, 5.74) is 1.94. The van der Waals surface area contributed by atoms with Crippen LogP contribution in [0.3, 0.4) is 0 Å². The number of thioether (sulfide) groups is 1. The maximum absolute atomic E-state index is 11.8. The molecule has 0 amide bonds. The molecule has 0 atom stereocenters. The van der Waals surface area contributed by atoms with E-state index < -0.39 is 5.56 Å². The van der Waals surface area contributed by atoms with Crippen molar-refractivity contribution in [1.82, 2.24) is 9.97 Å². The number of rotatable bonds is 2. The van der Waals surface area contributed by atoms with Crippen molar-refractivity contribution in [3.8, 4) is 17.3 Å². The van der Waals surface area contributed by atoms with Crippen molar-refractivity contribution in [3.63, 3.8) is 0 Å². The third-order valence-electron chi connectivity index (χ3n) is 2.49. The van der Waals surface area contributed by atoms with Crippen LogP contribution in [-0.2, 0) is 0 Å². The molecule has 0 aliphatic heterocycles. The summed E-state index contributed by atoms with van der Waals surface area (Å²) in [7, 11) is 0. The van der Waals surface area contributed by atoms with Crippen LogP contribution in [0.15, 0.2) is 34.2 Å². The van der Waals surface area contributed by atoms with Crippen LogP contribution < -0.4 is 5.56 Å². The van der Waals surface area contributed by atoms with E-state index in [2.05, 4.69) is 9.97 Å². The fourth-order valence-electron chi connectivity index (χ4n) is 1.65. The van der Waals surface area contributed by atoms with Crippen molar-refractivity contribution in [1.29, 1.82) is 5.26 Å². The average molecular weight is 257 g/mol. The summed E-state index contributed by atoms with van der Waals surface area (Å²) in [6.45, 7) is 1.96. The number of nitrogens with one attached hydrogen (secondary N) is 1. The number of nitriles is 1. The Morgan fingerprint density at radius 2 is 2.22 bits per heavy atom. The first-order valence-electron chi connectivity index (χ1n) is 5.31. The minimum Gasteiger partial charge on any atom is -0.300 e. The Morgan fingerprint density at radius 1 is 1.44 bits per heavy atom. The van der Waals surface area contributed by atoms with Crippen molar-refractivity contribution in [2.75, 3.05) is 6.26 Å². The normalized spacial score (nSPS) is 10.1. The Morgan fingerprint density at radius 3 is 2.83 bits per heavy atom. The third-order valence-corrected chi connectivity index (χ3v) is 3.07. The van der Waals surface area contributed by atoms with Gasteiger partial charge in [0.05, 0.1) is 5.69 Å². The van der Waals surface area contributed by atoms with Gasteiger partial charge in [-0.2, -0.15) is 5.26 Å². The highest BCUT2D eigenvalue weighted by Crippen LogP contribution is 2.21. The van der Waals surface area contributed by atoms with Crippen LogP contribution in [0.2, 0.25) is 0 Å². The second-order valence-electron chi connectivity index (χ2n) is 3.78. The summed E-state index contributed by atoms with van der Waals surface area (Å²) in [6.07, 6.45) is 1.82. The second-order valence-corrected chi connectivity index (χ2v) is 4.58. The summed E-state index contributed by atoms with van der Waals surface area (Å²) in [6, 6.07) is 9.51. The van der Waals surface area contributed by atoms with E-state index in [1.54, 1.807) is 0 Å². The second kappa shape index (κ2) is 5.07. The number of hydrogen-bond donors (Lipinski definition) is 1. The Labute approximate surface area is 109 Å². The lowest BCUT2D eigenvalue weighted by Gasteiger charge is -2.05. The first-order valence-corrected chi connectivity index (χ1v) is 6.53. The van der Waals surface area contributed by atoms with Crippen molar-refractivity contribution in [3.05, 3.63) is 45.7 Å². The molecular weight excluding hydrogens is 246 g/mol. The van der Waals surface area contributed by atoms with Crippen LogP contribution in [0.1, 0.15) is 11.1 Å². The summed E-state index contributed by atoms with van der Waals surface area (Å²) >= 11 is 1.34. The van der Waals surface area contributed by atoms with Gasteiger partial charge in [-0.25, -0.2) is 4.98 Å². The van der Waals surface area contributed by atoms with Gasteiger partial charge in [0.2, 0.25) is 0 Å². The maximum Gasteiger partial charge on any atom is 0.270 e. The van der Waals surface area contributed by atoms with Crippen LogP contribution >= 0.6 is 11.8 Å². The Balaban J connectivity index is 2.74. The van der Waals surface area contributed by atoms with E-state index in [1.165, 1.54) is 11.8 Å². The highest BCUT2D eigenvalue weighted by atomic mass is 32.2. The molecule has 18 heavy (non-hydrogen) atoms. The number of aromatic nitrogens is 2. The van der Waals surface area contributed by atoms with Crippen LogP contribution in [0.25, 0.3) is 11.3 Å².